The van der Waals surface area contributed by atoms with Crippen molar-refractivity contribution in [3.8, 4) is 0 Å². The van der Waals surface area contributed by atoms with Crippen LogP contribution in [-0.4, -0.2) is 44.8 Å². The first kappa shape index (κ1) is 12.5. The lowest BCUT2D eigenvalue weighted by Crippen LogP contribution is -2.45. The van der Waals surface area contributed by atoms with Crippen molar-refractivity contribution in [3.05, 3.63) is 12.2 Å². The maximum Gasteiger partial charge on any atom is 0.147 e. The Hall–Kier alpha value is -0.940. The van der Waals surface area contributed by atoms with Crippen molar-refractivity contribution in [2.75, 3.05) is 13.1 Å². The zero-order valence-electron chi connectivity index (χ0n) is 11.1. The number of hydrogen-bond donors (Lipinski definition) is 1. The maximum absolute atomic E-state index is 4.15. The number of rotatable bonds is 5. The lowest BCUT2D eigenvalue weighted by atomic mass is 10.2. The second-order valence-corrected chi connectivity index (χ2v) is 4.98. The first-order chi connectivity index (χ1) is 8.20. The zero-order valence-corrected chi connectivity index (χ0v) is 11.1. The molecule has 5 heteroatoms. The van der Waals surface area contributed by atoms with E-state index >= 15 is 0 Å². The van der Waals surface area contributed by atoms with Crippen LogP contribution in [-0.2, 0) is 13.1 Å². The third-order valence-electron chi connectivity index (χ3n) is 3.67. The van der Waals surface area contributed by atoms with Gasteiger partial charge in [0.05, 0.1) is 6.54 Å². The number of fused-ring (bicyclic) bond motifs is 1. The summed E-state index contributed by atoms with van der Waals surface area (Å²) in [5.74, 6) is 1.09. The van der Waals surface area contributed by atoms with E-state index in [0.29, 0.717) is 12.1 Å². The van der Waals surface area contributed by atoms with Crippen LogP contribution in [0.25, 0.3) is 0 Å². The minimum atomic E-state index is 0.550. The Morgan fingerprint density at radius 1 is 1.41 bits per heavy atom. The van der Waals surface area contributed by atoms with Gasteiger partial charge >= 0.3 is 0 Å². The minimum Gasteiger partial charge on any atom is -0.315 e. The van der Waals surface area contributed by atoms with Gasteiger partial charge in [-0.1, -0.05) is 6.92 Å². The second kappa shape index (κ2) is 5.60. The lowest BCUT2D eigenvalue weighted by molar-refractivity contribution is 0.157. The molecule has 2 heterocycles. The van der Waals surface area contributed by atoms with E-state index in [2.05, 4.69) is 45.8 Å². The van der Waals surface area contributed by atoms with E-state index in [-0.39, 0.29) is 0 Å². The van der Waals surface area contributed by atoms with Gasteiger partial charge in [-0.3, -0.25) is 4.90 Å². The predicted molar refractivity (Wildman–Crippen MR) is 67.6 cm³/mol. The number of hydrogen-bond acceptors (Lipinski definition) is 4. The van der Waals surface area contributed by atoms with Gasteiger partial charge in [0.15, 0.2) is 0 Å². The topological polar surface area (TPSA) is 46.0 Å². The molecule has 1 N–H and O–H groups in total. The molecule has 1 aromatic heterocycles. The molecule has 1 aliphatic rings. The summed E-state index contributed by atoms with van der Waals surface area (Å²) >= 11 is 0. The van der Waals surface area contributed by atoms with Crippen LogP contribution >= 0.6 is 0 Å². The number of nitrogens with one attached hydrogen (secondary N) is 1. The molecule has 2 atom stereocenters. The van der Waals surface area contributed by atoms with E-state index in [4.69, 9.17) is 0 Å². The Morgan fingerprint density at radius 2 is 2.24 bits per heavy atom. The second-order valence-electron chi connectivity index (χ2n) is 4.98. The molecule has 0 fully saturated rings. The van der Waals surface area contributed by atoms with Crippen LogP contribution in [0.15, 0.2) is 6.33 Å². The first-order valence-corrected chi connectivity index (χ1v) is 6.54. The SMILES string of the molecule is CCC(C)NCC(C)N1CCn2cnnc2C1. The molecule has 96 valence electrons. The molecule has 0 bridgehead atoms. The van der Waals surface area contributed by atoms with Crippen LogP contribution in [0.2, 0.25) is 0 Å². The molecule has 0 aliphatic carbocycles. The molecule has 2 unspecified atom stereocenters. The highest BCUT2D eigenvalue weighted by molar-refractivity contribution is 4.91. The lowest BCUT2D eigenvalue weighted by Gasteiger charge is -2.33. The summed E-state index contributed by atoms with van der Waals surface area (Å²) in [4.78, 5) is 2.47. The molecule has 0 saturated carbocycles. The van der Waals surface area contributed by atoms with E-state index < -0.39 is 0 Å². The quantitative estimate of drug-likeness (QED) is 0.825. The summed E-state index contributed by atoms with van der Waals surface area (Å²) in [7, 11) is 0. The summed E-state index contributed by atoms with van der Waals surface area (Å²) in [6.07, 6.45) is 3.01. The van der Waals surface area contributed by atoms with Crippen LogP contribution in [0.3, 0.4) is 0 Å². The van der Waals surface area contributed by atoms with Crippen molar-refractivity contribution >= 4 is 0 Å². The molecule has 0 amide bonds. The van der Waals surface area contributed by atoms with Gasteiger partial charge in [0.2, 0.25) is 0 Å². The van der Waals surface area contributed by atoms with Crippen LogP contribution in [0, 0.1) is 0 Å². The Labute approximate surface area is 103 Å². The maximum atomic E-state index is 4.15. The molecule has 1 aromatic rings. The van der Waals surface area contributed by atoms with E-state index in [1.54, 1.807) is 0 Å². The Bertz CT molecular complexity index is 348. The van der Waals surface area contributed by atoms with Crippen LogP contribution < -0.4 is 5.32 Å². The number of nitrogens with zero attached hydrogens (tertiary/aromatic N) is 4. The van der Waals surface area contributed by atoms with Crippen LogP contribution in [0.4, 0.5) is 0 Å². The monoisotopic (exact) mass is 237 g/mol. The fourth-order valence-corrected chi connectivity index (χ4v) is 2.11. The Morgan fingerprint density at radius 3 is 3.00 bits per heavy atom. The smallest absolute Gasteiger partial charge is 0.147 e. The molecule has 5 nitrogen and oxygen atoms in total. The van der Waals surface area contributed by atoms with E-state index in [1.807, 2.05) is 6.33 Å². The summed E-state index contributed by atoms with van der Waals surface area (Å²) in [5, 5.41) is 11.7. The van der Waals surface area contributed by atoms with Gasteiger partial charge < -0.3 is 9.88 Å². The van der Waals surface area contributed by atoms with Crippen molar-refractivity contribution in [2.45, 2.75) is 52.4 Å². The van der Waals surface area contributed by atoms with Gasteiger partial charge in [-0.2, -0.15) is 0 Å². The zero-order chi connectivity index (χ0) is 12.3. The van der Waals surface area contributed by atoms with E-state index in [1.165, 1.54) is 6.42 Å². The summed E-state index contributed by atoms with van der Waals surface area (Å²) in [6.45, 7) is 10.8. The molecule has 0 radical (unpaired) electrons. The third kappa shape index (κ3) is 3.04. The molecule has 0 spiro atoms. The Kier molecular flexibility index (Phi) is 4.12. The van der Waals surface area contributed by atoms with Crippen molar-refractivity contribution in [1.82, 2.24) is 25.0 Å². The highest BCUT2D eigenvalue weighted by Gasteiger charge is 2.21. The average molecular weight is 237 g/mol. The van der Waals surface area contributed by atoms with Crippen LogP contribution in [0.5, 0.6) is 0 Å². The standard InChI is InChI=1S/C12H23N5/c1-4-10(2)13-7-11(3)16-5-6-17-9-14-15-12(17)8-16/h9-11,13H,4-8H2,1-3H3. The fraction of sp³-hybridized carbons (Fsp3) is 0.833. The molecule has 17 heavy (non-hydrogen) atoms. The van der Waals surface area contributed by atoms with E-state index in [9.17, 15) is 0 Å². The minimum absolute atomic E-state index is 0.550. The van der Waals surface area contributed by atoms with Gasteiger partial charge in [0.1, 0.15) is 12.2 Å². The highest BCUT2D eigenvalue weighted by atomic mass is 15.3. The van der Waals surface area contributed by atoms with Gasteiger partial charge in [-0.15, -0.1) is 10.2 Å². The van der Waals surface area contributed by atoms with Gasteiger partial charge in [-0.25, -0.2) is 0 Å². The van der Waals surface area contributed by atoms with Crippen molar-refractivity contribution in [1.29, 1.82) is 0 Å². The molecule has 0 saturated heterocycles. The molecule has 1 aliphatic heterocycles. The average Bonchev–Trinajstić information content (AvgIpc) is 2.82. The summed E-state index contributed by atoms with van der Waals surface area (Å²) < 4.78 is 2.14. The van der Waals surface area contributed by atoms with E-state index in [0.717, 1.165) is 32.0 Å². The normalized spacial score (nSPS) is 19.9. The highest BCUT2D eigenvalue weighted by Crippen LogP contribution is 2.11. The Balaban J connectivity index is 1.83. The molecule has 2 rings (SSSR count). The molecular formula is C12H23N5. The van der Waals surface area contributed by atoms with Gasteiger partial charge in [0.25, 0.3) is 0 Å². The third-order valence-corrected chi connectivity index (χ3v) is 3.67. The van der Waals surface area contributed by atoms with Gasteiger partial charge in [0, 0.05) is 31.7 Å². The van der Waals surface area contributed by atoms with Crippen LogP contribution in [0.1, 0.15) is 33.0 Å². The molecular weight excluding hydrogens is 214 g/mol. The van der Waals surface area contributed by atoms with Gasteiger partial charge in [-0.05, 0) is 20.3 Å². The summed E-state index contributed by atoms with van der Waals surface area (Å²) in [6, 6.07) is 1.15. The first-order valence-electron chi connectivity index (χ1n) is 6.54. The van der Waals surface area contributed by atoms with Crippen molar-refractivity contribution < 1.29 is 0 Å². The van der Waals surface area contributed by atoms with Crippen molar-refractivity contribution in [2.24, 2.45) is 0 Å². The fourth-order valence-electron chi connectivity index (χ4n) is 2.11. The van der Waals surface area contributed by atoms with Crippen molar-refractivity contribution in [3.63, 3.8) is 0 Å². The molecule has 0 aromatic carbocycles. The largest absolute Gasteiger partial charge is 0.315 e. The number of aromatic nitrogens is 3. The summed E-state index contributed by atoms with van der Waals surface area (Å²) in [5.41, 5.74) is 0. The predicted octanol–water partition coefficient (Wildman–Crippen LogP) is 0.870.